The Morgan fingerprint density at radius 3 is 2.61 bits per heavy atom. The average molecular weight is 277 g/mol. The Hall–Kier alpha value is -0.170. The summed E-state index contributed by atoms with van der Waals surface area (Å²) in [5.41, 5.74) is 5.35. The minimum absolute atomic E-state index is 0.0737. The van der Waals surface area contributed by atoms with Gasteiger partial charge in [0.05, 0.1) is 16.6 Å². The summed E-state index contributed by atoms with van der Waals surface area (Å²) < 4.78 is 35.7. The first-order valence-corrected chi connectivity index (χ1v) is 8.34. The van der Waals surface area contributed by atoms with E-state index in [0.29, 0.717) is 32.7 Å². The summed E-state index contributed by atoms with van der Waals surface area (Å²) in [6.07, 6.45) is 2.80. The third-order valence-corrected chi connectivity index (χ3v) is 6.26. The van der Waals surface area contributed by atoms with Crippen molar-refractivity contribution >= 4 is 9.84 Å². The van der Waals surface area contributed by atoms with Gasteiger partial charge in [-0.15, -0.1) is 0 Å². The minimum atomic E-state index is -3.10. The third kappa shape index (κ3) is 3.23. The molecule has 2 atom stereocenters. The third-order valence-electron chi connectivity index (χ3n) is 3.85. The number of rotatable bonds is 3. The molecule has 2 rings (SSSR count). The highest BCUT2D eigenvalue weighted by Gasteiger charge is 2.43. The van der Waals surface area contributed by atoms with Crippen LogP contribution in [0.1, 0.15) is 32.6 Å². The van der Waals surface area contributed by atoms with Crippen LogP contribution in [-0.4, -0.2) is 50.9 Å². The van der Waals surface area contributed by atoms with Crippen molar-refractivity contribution in [2.24, 2.45) is 5.73 Å². The van der Waals surface area contributed by atoms with E-state index in [1.807, 2.05) is 0 Å². The van der Waals surface area contributed by atoms with Crippen molar-refractivity contribution in [1.82, 2.24) is 0 Å². The molecule has 2 N–H and O–H groups in total. The lowest BCUT2D eigenvalue weighted by atomic mass is 9.86. The molecule has 2 aliphatic heterocycles. The number of ether oxygens (including phenoxy) is 2. The maximum absolute atomic E-state index is 12.3. The Balaban J connectivity index is 2.06. The van der Waals surface area contributed by atoms with Crippen LogP contribution < -0.4 is 5.73 Å². The van der Waals surface area contributed by atoms with Crippen LogP contribution in [0.25, 0.3) is 0 Å². The minimum Gasteiger partial charge on any atom is -0.381 e. The molecule has 0 saturated carbocycles. The average Bonchev–Trinajstić information content (AvgIpc) is 2.28. The molecule has 106 valence electrons. The first-order chi connectivity index (χ1) is 8.44. The molecule has 18 heavy (non-hydrogen) atoms. The first-order valence-electron chi connectivity index (χ1n) is 6.62. The Labute approximate surface area is 109 Å². The van der Waals surface area contributed by atoms with Crippen LogP contribution >= 0.6 is 0 Å². The van der Waals surface area contributed by atoms with E-state index in [1.54, 1.807) is 6.92 Å². The lowest BCUT2D eigenvalue weighted by molar-refractivity contribution is -0.132. The summed E-state index contributed by atoms with van der Waals surface area (Å²) in [4.78, 5) is 0. The van der Waals surface area contributed by atoms with Crippen LogP contribution in [0.3, 0.4) is 0 Å². The SMILES string of the molecule is CC(N)CS(=O)(=O)C1CCOC2(CCOCC2)C1. The zero-order chi connectivity index (χ0) is 13.2. The number of nitrogens with two attached hydrogens (primary N) is 1. The Morgan fingerprint density at radius 2 is 2.00 bits per heavy atom. The summed E-state index contributed by atoms with van der Waals surface area (Å²) in [7, 11) is -3.10. The summed E-state index contributed by atoms with van der Waals surface area (Å²) in [6, 6.07) is -0.302. The van der Waals surface area contributed by atoms with E-state index in [1.165, 1.54) is 0 Å². The predicted molar refractivity (Wildman–Crippen MR) is 69.2 cm³/mol. The second-order valence-electron chi connectivity index (χ2n) is 5.57. The van der Waals surface area contributed by atoms with Gasteiger partial charge in [0.2, 0.25) is 0 Å². The van der Waals surface area contributed by atoms with Gasteiger partial charge in [0, 0.05) is 25.9 Å². The van der Waals surface area contributed by atoms with Crippen LogP contribution in [0.5, 0.6) is 0 Å². The normalized spacial score (nSPS) is 30.2. The second-order valence-corrected chi connectivity index (χ2v) is 7.89. The van der Waals surface area contributed by atoms with Gasteiger partial charge < -0.3 is 15.2 Å². The molecule has 0 aromatic carbocycles. The zero-order valence-electron chi connectivity index (χ0n) is 10.9. The van der Waals surface area contributed by atoms with Crippen LogP contribution in [0, 0.1) is 0 Å². The molecule has 6 heteroatoms. The maximum Gasteiger partial charge on any atom is 0.154 e. The molecule has 0 aromatic heterocycles. The predicted octanol–water partition coefficient (Wildman–Crippen LogP) is 0.477. The van der Waals surface area contributed by atoms with E-state index in [2.05, 4.69) is 0 Å². The van der Waals surface area contributed by atoms with Gasteiger partial charge in [-0.1, -0.05) is 0 Å². The first kappa shape index (κ1) is 14.2. The lowest BCUT2D eigenvalue weighted by Gasteiger charge is -2.43. The molecule has 5 nitrogen and oxygen atoms in total. The van der Waals surface area contributed by atoms with Crippen LogP contribution in [0.15, 0.2) is 0 Å². The highest BCUT2D eigenvalue weighted by Crippen LogP contribution is 2.36. The van der Waals surface area contributed by atoms with Crippen molar-refractivity contribution in [2.45, 2.75) is 49.5 Å². The topological polar surface area (TPSA) is 78.6 Å². The molecule has 0 aromatic rings. The van der Waals surface area contributed by atoms with Crippen LogP contribution in [0.4, 0.5) is 0 Å². The summed E-state index contributed by atoms with van der Waals surface area (Å²) in [6.45, 7) is 3.60. The van der Waals surface area contributed by atoms with Crippen LogP contribution in [0.2, 0.25) is 0 Å². The van der Waals surface area contributed by atoms with Gasteiger partial charge in [0.1, 0.15) is 0 Å². The van der Waals surface area contributed by atoms with Gasteiger partial charge in [0.15, 0.2) is 9.84 Å². The molecule has 0 radical (unpaired) electrons. The van der Waals surface area contributed by atoms with Gasteiger partial charge in [-0.3, -0.25) is 0 Å². The summed E-state index contributed by atoms with van der Waals surface area (Å²) in [5, 5.41) is -0.296. The van der Waals surface area contributed by atoms with E-state index in [4.69, 9.17) is 15.2 Å². The maximum atomic E-state index is 12.3. The standard InChI is InChI=1S/C12H23NO4S/c1-10(13)9-18(14,15)11-2-5-17-12(8-11)3-6-16-7-4-12/h10-11H,2-9,13H2,1H3. The van der Waals surface area contributed by atoms with Crippen molar-refractivity contribution < 1.29 is 17.9 Å². The lowest BCUT2D eigenvalue weighted by Crippen LogP contribution is -2.49. The second kappa shape index (κ2) is 5.45. The fourth-order valence-electron chi connectivity index (χ4n) is 2.88. The van der Waals surface area contributed by atoms with Gasteiger partial charge in [-0.2, -0.15) is 0 Å². The highest BCUT2D eigenvalue weighted by atomic mass is 32.2. The van der Waals surface area contributed by atoms with E-state index < -0.39 is 9.84 Å². The number of hydrogen-bond acceptors (Lipinski definition) is 5. The molecule has 1 spiro atoms. The number of sulfone groups is 1. The quantitative estimate of drug-likeness (QED) is 0.811. The molecule has 2 heterocycles. The van der Waals surface area contributed by atoms with E-state index in [0.717, 1.165) is 12.8 Å². The van der Waals surface area contributed by atoms with Gasteiger partial charge in [0.25, 0.3) is 0 Å². The Bertz CT molecular complexity index is 368. The molecule has 0 aliphatic carbocycles. The molecular weight excluding hydrogens is 254 g/mol. The molecule has 0 bridgehead atoms. The molecule has 2 unspecified atom stereocenters. The molecule has 2 fully saturated rings. The molecule has 0 amide bonds. The van der Waals surface area contributed by atoms with Crippen molar-refractivity contribution in [3.8, 4) is 0 Å². The molecule has 2 saturated heterocycles. The van der Waals surface area contributed by atoms with E-state index >= 15 is 0 Å². The zero-order valence-corrected chi connectivity index (χ0v) is 11.7. The molecular formula is C12H23NO4S. The smallest absolute Gasteiger partial charge is 0.154 e. The fourth-order valence-corrected chi connectivity index (χ4v) is 4.90. The fraction of sp³-hybridized carbons (Fsp3) is 1.00. The van der Waals surface area contributed by atoms with Crippen molar-refractivity contribution in [1.29, 1.82) is 0 Å². The Morgan fingerprint density at radius 1 is 1.33 bits per heavy atom. The number of hydrogen-bond donors (Lipinski definition) is 1. The summed E-state index contributed by atoms with van der Waals surface area (Å²) in [5.74, 6) is 0.0737. The van der Waals surface area contributed by atoms with Gasteiger partial charge >= 0.3 is 0 Å². The van der Waals surface area contributed by atoms with Gasteiger partial charge in [-0.05, 0) is 32.6 Å². The largest absolute Gasteiger partial charge is 0.381 e. The van der Waals surface area contributed by atoms with Crippen LogP contribution in [-0.2, 0) is 19.3 Å². The Kier molecular flexibility index (Phi) is 4.31. The van der Waals surface area contributed by atoms with Crippen molar-refractivity contribution in [2.75, 3.05) is 25.6 Å². The molecule has 2 aliphatic rings. The highest BCUT2D eigenvalue weighted by molar-refractivity contribution is 7.92. The van der Waals surface area contributed by atoms with Gasteiger partial charge in [-0.25, -0.2) is 8.42 Å². The van der Waals surface area contributed by atoms with E-state index in [9.17, 15) is 8.42 Å². The van der Waals surface area contributed by atoms with E-state index in [-0.39, 0.29) is 22.6 Å². The monoisotopic (exact) mass is 277 g/mol. The van der Waals surface area contributed by atoms with Crippen molar-refractivity contribution in [3.63, 3.8) is 0 Å². The van der Waals surface area contributed by atoms with Crippen molar-refractivity contribution in [3.05, 3.63) is 0 Å². The summed E-state index contributed by atoms with van der Waals surface area (Å²) >= 11 is 0.